The Morgan fingerprint density at radius 3 is 2.32 bits per heavy atom. The van der Waals surface area contributed by atoms with Gasteiger partial charge in [-0.15, -0.1) is 0 Å². The molecule has 2 amide bonds. The fourth-order valence-electron chi connectivity index (χ4n) is 2.55. The van der Waals surface area contributed by atoms with E-state index < -0.39 is 5.97 Å². The Morgan fingerprint density at radius 2 is 1.76 bits per heavy atom. The molecule has 0 unspecified atom stereocenters. The number of amides is 2. The number of carbonyl (C=O) groups excluding carboxylic acids is 2. The zero-order chi connectivity index (χ0) is 18.8. The van der Waals surface area contributed by atoms with E-state index in [4.69, 9.17) is 5.11 Å². The molecule has 7 nitrogen and oxygen atoms in total. The first kappa shape index (κ1) is 20.6. The average Bonchev–Trinajstić information content (AvgIpc) is 2.55. The molecule has 1 aromatic rings. The maximum absolute atomic E-state index is 12.4. The third-order valence-electron chi connectivity index (χ3n) is 3.71. The van der Waals surface area contributed by atoms with Crippen molar-refractivity contribution in [3.8, 4) is 0 Å². The van der Waals surface area contributed by atoms with Crippen LogP contribution < -0.4 is 5.32 Å². The predicted molar refractivity (Wildman–Crippen MR) is 96.7 cm³/mol. The monoisotopic (exact) mass is 349 g/mol. The third-order valence-corrected chi connectivity index (χ3v) is 3.71. The standard InChI is InChI=1S/C18H27N3O4/c1-4-10-20(13-17(23)24)12-16(22)19-15-9-7-8-14(11-15)18(25)21(5-2)6-3/h7-9,11H,4-6,10,12-13H2,1-3H3,(H,19,22)(H,23,24). The van der Waals surface area contributed by atoms with Gasteiger partial charge in [0.25, 0.3) is 5.91 Å². The molecule has 0 aliphatic carbocycles. The molecule has 0 fully saturated rings. The molecule has 0 radical (unpaired) electrons. The van der Waals surface area contributed by atoms with Gasteiger partial charge in [0.2, 0.25) is 5.91 Å². The number of carboxylic acid groups (broad SMARTS) is 1. The first-order valence-electron chi connectivity index (χ1n) is 8.54. The highest BCUT2D eigenvalue weighted by atomic mass is 16.4. The summed E-state index contributed by atoms with van der Waals surface area (Å²) in [6.07, 6.45) is 0.758. The zero-order valence-electron chi connectivity index (χ0n) is 15.1. The van der Waals surface area contributed by atoms with Crippen LogP contribution in [0.5, 0.6) is 0 Å². The van der Waals surface area contributed by atoms with E-state index in [1.807, 2.05) is 20.8 Å². The van der Waals surface area contributed by atoms with Gasteiger partial charge in [0.05, 0.1) is 13.1 Å². The molecule has 0 saturated heterocycles. The number of rotatable bonds is 10. The van der Waals surface area contributed by atoms with E-state index in [2.05, 4.69) is 5.32 Å². The highest BCUT2D eigenvalue weighted by Gasteiger charge is 2.15. The number of carboxylic acids is 1. The van der Waals surface area contributed by atoms with Crippen LogP contribution in [-0.4, -0.2) is 65.4 Å². The molecule has 0 aliphatic heterocycles. The second-order valence-electron chi connectivity index (χ2n) is 5.71. The lowest BCUT2D eigenvalue weighted by molar-refractivity contribution is -0.138. The summed E-state index contributed by atoms with van der Waals surface area (Å²) in [4.78, 5) is 38.7. The van der Waals surface area contributed by atoms with Gasteiger partial charge < -0.3 is 15.3 Å². The van der Waals surface area contributed by atoms with Crippen LogP contribution in [0.2, 0.25) is 0 Å². The summed E-state index contributed by atoms with van der Waals surface area (Å²) in [5.74, 6) is -1.35. The average molecular weight is 349 g/mol. The molecular weight excluding hydrogens is 322 g/mol. The summed E-state index contributed by atoms with van der Waals surface area (Å²) in [5.41, 5.74) is 1.03. The second kappa shape index (κ2) is 10.5. The number of nitrogens with zero attached hydrogens (tertiary/aromatic N) is 2. The lowest BCUT2D eigenvalue weighted by Gasteiger charge is -2.20. The number of carbonyl (C=O) groups is 3. The summed E-state index contributed by atoms with van der Waals surface area (Å²) in [5, 5.41) is 11.6. The summed E-state index contributed by atoms with van der Waals surface area (Å²) >= 11 is 0. The van der Waals surface area contributed by atoms with Crippen LogP contribution in [0.4, 0.5) is 5.69 Å². The highest BCUT2D eigenvalue weighted by molar-refractivity contribution is 5.97. The highest BCUT2D eigenvalue weighted by Crippen LogP contribution is 2.13. The van der Waals surface area contributed by atoms with Crippen LogP contribution in [0.1, 0.15) is 37.6 Å². The molecule has 1 rings (SSSR count). The largest absolute Gasteiger partial charge is 0.480 e. The molecule has 0 saturated carbocycles. The summed E-state index contributed by atoms with van der Waals surface area (Å²) < 4.78 is 0. The van der Waals surface area contributed by atoms with Crippen LogP contribution in [0.25, 0.3) is 0 Å². The fraction of sp³-hybridized carbons (Fsp3) is 0.500. The van der Waals surface area contributed by atoms with Crippen LogP contribution in [-0.2, 0) is 9.59 Å². The number of benzene rings is 1. The van der Waals surface area contributed by atoms with Crippen molar-refractivity contribution in [2.75, 3.05) is 38.0 Å². The van der Waals surface area contributed by atoms with Gasteiger partial charge in [-0.2, -0.15) is 0 Å². The lowest BCUT2D eigenvalue weighted by Crippen LogP contribution is -2.37. The van der Waals surface area contributed by atoms with Crippen LogP contribution in [0, 0.1) is 0 Å². The Balaban J connectivity index is 2.75. The first-order valence-corrected chi connectivity index (χ1v) is 8.54. The van der Waals surface area contributed by atoms with Gasteiger partial charge in [0.15, 0.2) is 0 Å². The van der Waals surface area contributed by atoms with Gasteiger partial charge >= 0.3 is 5.97 Å². The SMILES string of the molecule is CCCN(CC(=O)O)CC(=O)Nc1cccc(C(=O)N(CC)CC)c1. The number of hydrogen-bond donors (Lipinski definition) is 2. The quantitative estimate of drug-likeness (QED) is 0.673. The van der Waals surface area contributed by atoms with Crippen molar-refractivity contribution in [2.45, 2.75) is 27.2 Å². The van der Waals surface area contributed by atoms with Crippen molar-refractivity contribution in [3.63, 3.8) is 0 Å². The maximum Gasteiger partial charge on any atom is 0.317 e. The minimum Gasteiger partial charge on any atom is -0.480 e. The van der Waals surface area contributed by atoms with Crippen molar-refractivity contribution in [1.82, 2.24) is 9.80 Å². The summed E-state index contributed by atoms with van der Waals surface area (Å²) in [7, 11) is 0. The molecular formula is C18H27N3O4. The number of nitrogens with one attached hydrogen (secondary N) is 1. The zero-order valence-corrected chi connectivity index (χ0v) is 15.1. The van der Waals surface area contributed by atoms with Gasteiger partial charge in [-0.05, 0) is 45.0 Å². The van der Waals surface area contributed by atoms with Crippen molar-refractivity contribution >= 4 is 23.5 Å². The van der Waals surface area contributed by atoms with Gasteiger partial charge in [-0.1, -0.05) is 13.0 Å². The second-order valence-corrected chi connectivity index (χ2v) is 5.71. The van der Waals surface area contributed by atoms with Crippen molar-refractivity contribution in [2.24, 2.45) is 0 Å². The van der Waals surface area contributed by atoms with Crippen molar-refractivity contribution in [1.29, 1.82) is 0 Å². The van der Waals surface area contributed by atoms with Gasteiger partial charge in [-0.3, -0.25) is 19.3 Å². The van der Waals surface area contributed by atoms with Gasteiger partial charge in [-0.25, -0.2) is 0 Å². The Hall–Kier alpha value is -2.41. The molecule has 0 spiro atoms. The molecule has 0 aromatic heterocycles. The minimum absolute atomic E-state index is 0.00560. The summed E-state index contributed by atoms with van der Waals surface area (Å²) in [6.45, 7) is 7.33. The predicted octanol–water partition coefficient (Wildman–Crippen LogP) is 1.90. The molecule has 138 valence electrons. The van der Waals surface area contributed by atoms with E-state index in [0.717, 1.165) is 6.42 Å². The molecule has 25 heavy (non-hydrogen) atoms. The molecule has 7 heteroatoms. The molecule has 0 heterocycles. The molecule has 0 aliphatic rings. The van der Waals surface area contributed by atoms with E-state index in [0.29, 0.717) is 30.9 Å². The Morgan fingerprint density at radius 1 is 1.08 bits per heavy atom. The van der Waals surface area contributed by atoms with E-state index in [-0.39, 0.29) is 24.9 Å². The van der Waals surface area contributed by atoms with E-state index >= 15 is 0 Å². The topological polar surface area (TPSA) is 90.0 Å². The van der Waals surface area contributed by atoms with Crippen molar-refractivity contribution < 1.29 is 19.5 Å². The van der Waals surface area contributed by atoms with E-state index in [1.165, 1.54) is 0 Å². The number of anilines is 1. The third kappa shape index (κ3) is 6.93. The number of hydrogen-bond acceptors (Lipinski definition) is 4. The fourth-order valence-corrected chi connectivity index (χ4v) is 2.55. The molecule has 0 bridgehead atoms. The normalized spacial score (nSPS) is 10.6. The van der Waals surface area contributed by atoms with Gasteiger partial charge in [0, 0.05) is 24.3 Å². The Labute approximate surface area is 148 Å². The molecule has 1 aromatic carbocycles. The lowest BCUT2D eigenvalue weighted by atomic mass is 10.1. The van der Waals surface area contributed by atoms with Crippen LogP contribution in [0.3, 0.4) is 0 Å². The van der Waals surface area contributed by atoms with Crippen LogP contribution in [0.15, 0.2) is 24.3 Å². The van der Waals surface area contributed by atoms with Gasteiger partial charge in [0.1, 0.15) is 0 Å². The van der Waals surface area contributed by atoms with Crippen LogP contribution >= 0.6 is 0 Å². The smallest absolute Gasteiger partial charge is 0.317 e. The Bertz CT molecular complexity index is 600. The van der Waals surface area contributed by atoms with Crippen molar-refractivity contribution in [3.05, 3.63) is 29.8 Å². The summed E-state index contributed by atoms with van der Waals surface area (Å²) in [6, 6.07) is 6.77. The van der Waals surface area contributed by atoms with E-state index in [9.17, 15) is 14.4 Å². The number of aliphatic carboxylic acids is 1. The first-order chi connectivity index (χ1) is 11.9. The minimum atomic E-state index is -0.965. The van der Waals surface area contributed by atoms with E-state index in [1.54, 1.807) is 34.1 Å². The molecule has 0 atom stereocenters. The maximum atomic E-state index is 12.4. The Kier molecular flexibility index (Phi) is 8.63. The molecule has 2 N–H and O–H groups in total.